The number of carbonyl (C=O) groups is 4. The van der Waals surface area contributed by atoms with E-state index in [0.29, 0.717) is 105 Å². The summed E-state index contributed by atoms with van der Waals surface area (Å²) >= 11 is 0. The number of ether oxygens (including phenoxy) is 6. The van der Waals surface area contributed by atoms with Crippen molar-refractivity contribution >= 4 is 23.9 Å². The van der Waals surface area contributed by atoms with Crippen LogP contribution >= 0.6 is 0 Å². The van der Waals surface area contributed by atoms with Gasteiger partial charge in [-0.25, -0.2) is 4.79 Å². The quantitative estimate of drug-likeness (QED) is 0.105. The topological polar surface area (TPSA) is 161 Å². The third-order valence-corrected chi connectivity index (χ3v) is 7.64. The first-order valence-electron chi connectivity index (χ1n) is 19.5. The van der Waals surface area contributed by atoms with Gasteiger partial charge in [-0.3, -0.25) is 29.1 Å². The number of nitrogens with one attached hydrogen (secondary N) is 2. The molecule has 0 aliphatic carbocycles. The van der Waals surface area contributed by atoms with E-state index in [2.05, 4.69) is 10.6 Å². The van der Waals surface area contributed by atoms with Gasteiger partial charge in [-0.1, -0.05) is 0 Å². The Kier molecular flexibility index (Phi) is 24.1. The number of carbonyl (C=O) groups excluding carboxylic acids is 4. The number of hydrogen-bond donors (Lipinski definition) is 2. The van der Waals surface area contributed by atoms with E-state index in [1.807, 2.05) is 84.1 Å². The van der Waals surface area contributed by atoms with Crippen molar-refractivity contribution in [1.29, 1.82) is 0 Å². The lowest BCUT2D eigenvalue weighted by Gasteiger charge is -2.34. The van der Waals surface area contributed by atoms with E-state index in [-0.39, 0.29) is 43.6 Å². The minimum absolute atomic E-state index is 0.0303. The van der Waals surface area contributed by atoms with E-state index in [0.717, 1.165) is 13.0 Å². The van der Waals surface area contributed by atoms with Crippen LogP contribution in [0.15, 0.2) is 0 Å². The van der Waals surface area contributed by atoms with Gasteiger partial charge < -0.3 is 44.0 Å². The average Bonchev–Trinajstić information content (AvgIpc) is 3.02. The third kappa shape index (κ3) is 27.9. The van der Waals surface area contributed by atoms with Crippen LogP contribution in [0.1, 0.15) is 75.2 Å². The number of esters is 3. The summed E-state index contributed by atoms with van der Waals surface area (Å²) in [5, 5.41) is 6.08. The van der Waals surface area contributed by atoms with Crippen molar-refractivity contribution in [3.8, 4) is 0 Å². The Morgan fingerprint density at radius 1 is 0.481 bits per heavy atom. The molecule has 2 amide bonds. The molecule has 1 aliphatic rings. The number of rotatable bonds is 20. The highest BCUT2D eigenvalue weighted by Crippen LogP contribution is 2.11. The van der Waals surface area contributed by atoms with E-state index < -0.39 is 16.8 Å². The first-order valence-corrected chi connectivity index (χ1v) is 19.5. The minimum atomic E-state index is -0.645. The van der Waals surface area contributed by atoms with Crippen molar-refractivity contribution in [1.82, 2.24) is 30.2 Å². The summed E-state index contributed by atoms with van der Waals surface area (Å²) in [6.07, 6.45) is 1.59. The largest absolute Gasteiger partial charge is 0.459 e. The van der Waals surface area contributed by atoms with Crippen molar-refractivity contribution in [2.24, 2.45) is 0 Å². The summed E-state index contributed by atoms with van der Waals surface area (Å²) < 4.78 is 33.6. The molecule has 1 heterocycles. The maximum atomic E-state index is 13.5. The Morgan fingerprint density at radius 3 is 1.13 bits per heavy atom. The van der Waals surface area contributed by atoms with Crippen molar-refractivity contribution in [3.63, 3.8) is 0 Å². The maximum Gasteiger partial charge on any atom is 0.320 e. The molecular formula is C38H74N6O10. The normalized spacial score (nSPS) is 16.3. The highest BCUT2D eigenvalue weighted by atomic mass is 16.6. The van der Waals surface area contributed by atoms with E-state index in [1.165, 1.54) is 0 Å². The number of urea groups is 1. The molecule has 1 aliphatic heterocycles. The van der Waals surface area contributed by atoms with Gasteiger partial charge in [0.1, 0.15) is 16.8 Å². The van der Waals surface area contributed by atoms with E-state index in [1.54, 1.807) is 4.90 Å². The molecule has 0 bridgehead atoms. The zero-order valence-electron chi connectivity index (χ0n) is 35.2. The lowest BCUT2D eigenvalue weighted by molar-refractivity contribution is -0.158. The summed E-state index contributed by atoms with van der Waals surface area (Å²) in [4.78, 5) is 59.8. The fourth-order valence-corrected chi connectivity index (χ4v) is 5.26. The average molecular weight is 775 g/mol. The van der Waals surface area contributed by atoms with Gasteiger partial charge in [0.25, 0.3) is 0 Å². The molecule has 0 aromatic carbocycles. The standard InChI is InChI=1S/C38H74N6O10/c1-36(2,3)52-32(45)29-41-15-17-42(30-33(46)53-37(4,5)6)19-21-44(22-20-43(18-16-41)31-34(47)54-38(7,8)9)35(48)40-14-12-24-50-26-28-51-27-25-49-23-11-13-39-10/h39H,11-31H2,1-10H3,(H,40,48). The van der Waals surface area contributed by atoms with E-state index in [9.17, 15) is 19.2 Å². The molecule has 54 heavy (non-hydrogen) atoms. The van der Waals surface area contributed by atoms with Gasteiger partial charge in [-0.05, 0) is 88.7 Å². The molecule has 2 N–H and O–H groups in total. The predicted molar refractivity (Wildman–Crippen MR) is 207 cm³/mol. The summed E-state index contributed by atoms with van der Waals surface area (Å²) in [6.45, 7) is 24.2. The van der Waals surface area contributed by atoms with Crippen LogP contribution < -0.4 is 10.6 Å². The molecule has 0 spiro atoms. The maximum absolute atomic E-state index is 13.5. The van der Waals surface area contributed by atoms with Crippen LogP contribution in [0.2, 0.25) is 0 Å². The van der Waals surface area contributed by atoms with E-state index in [4.69, 9.17) is 28.4 Å². The van der Waals surface area contributed by atoms with Crippen LogP contribution in [-0.2, 0) is 42.8 Å². The van der Waals surface area contributed by atoms with E-state index >= 15 is 0 Å². The van der Waals surface area contributed by atoms with Crippen LogP contribution in [-0.4, -0.2) is 192 Å². The van der Waals surface area contributed by atoms with Gasteiger partial charge in [0, 0.05) is 72.1 Å². The van der Waals surface area contributed by atoms with Gasteiger partial charge in [0.2, 0.25) is 0 Å². The zero-order chi connectivity index (χ0) is 40.6. The van der Waals surface area contributed by atoms with Gasteiger partial charge >= 0.3 is 23.9 Å². The minimum Gasteiger partial charge on any atom is -0.459 e. The molecule has 1 fully saturated rings. The van der Waals surface area contributed by atoms with Crippen molar-refractivity contribution in [2.45, 2.75) is 92.0 Å². The highest BCUT2D eigenvalue weighted by molar-refractivity contribution is 5.74. The summed E-state index contributed by atoms with van der Waals surface area (Å²) in [5.41, 5.74) is -1.93. The van der Waals surface area contributed by atoms with Crippen molar-refractivity contribution in [2.75, 3.05) is 132 Å². The zero-order valence-corrected chi connectivity index (χ0v) is 35.2. The van der Waals surface area contributed by atoms with Crippen LogP contribution in [0.25, 0.3) is 0 Å². The second-order valence-corrected chi connectivity index (χ2v) is 16.5. The second-order valence-electron chi connectivity index (χ2n) is 16.5. The molecule has 0 saturated carbocycles. The molecule has 0 aromatic rings. The van der Waals surface area contributed by atoms with Crippen LogP contribution in [0.4, 0.5) is 4.79 Å². The fraction of sp³-hybridized carbons (Fsp3) is 0.895. The van der Waals surface area contributed by atoms with Gasteiger partial charge in [-0.15, -0.1) is 0 Å². The summed E-state index contributed by atoms with van der Waals surface area (Å²) in [5.74, 6) is -1.09. The number of nitrogens with zero attached hydrogens (tertiary/aromatic N) is 4. The Balaban J connectivity index is 2.91. The molecule has 1 rings (SSSR count). The monoisotopic (exact) mass is 775 g/mol. The molecule has 1 saturated heterocycles. The number of hydrogen-bond acceptors (Lipinski definition) is 14. The Hall–Kier alpha value is -2.60. The van der Waals surface area contributed by atoms with Gasteiger partial charge in [-0.2, -0.15) is 0 Å². The molecule has 0 radical (unpaired) electrons. The smallest absolute Gasteiger partial charge is 0.320 e. The molecule has 0 aromatic heterocycles. The molecular weight excluding hydrogens is 700 g/mol. The Labute approximate surface area is 325 Å². The molecule has 16 heteroatoms. The molecule has 0 unspecified atom stereocenters. The lowest BCUT2D eigenvalue weighted by Crippen LogP contribution is -2.51. The first-order chi connectivity index (χ1) is 25.3. The Bertz CT molecular complexity index is 1030. The third-order valence-electron chi connectivity index (χ3n) is 7.64. The lowest BCUT2D eigenvalue weighted by atomic mass is 10.2. The summed E-state index contributed by atoms with van der Waals surface area (Å²) in [7, 11) is 1.92. The van der Waals surface area contributed by atoms with Crippen LogP contribution in [0.3, 0.4) is 0 Å². The van der Waals surface area contributed by atoms with Gasteiger partial charge in [0.15, 0.2) is 0 Å². The fourth-order valence-electron chi connectivity index (χ4n) is 5.26. The van der Waals surface area contributed by atoms with Crippen molar-refractivity contribution < 1.29 is 47.6 Å². The second kappa shape index (κ2) is 26.3. The Morgan fingerprint density at radius 2 is 0.796 bits per heavy atom. The highest BCUT2D eigenvalue weighted by Gasteiger charge is 2.26. The van der Waals surface area contributed by atoms with Gasteiger partial charge in [0.05, 0.1) is 46.1 Å². The predicted octanol–water partition coefficient (Wildman–Crippen LogP) is 1.99. The van der Waals surface area contributed by atoms with Crippen molar-refractivity contribution in [3.05, 3.63) is 0 Å². The summed E-state index contributed by atoms with van der Waals surface area (Å²) in [6, 6.07) is -0.244. The van der Waals surface area contributed by atoms with Crippen LogP contribution in [0.5, 0.6) is 0 Å². The number of amides is 2. The molecule has 316 valence electrons. The molecule has 0 atom stereocenters. The first kappa shape index (κ1) is 49.4. The van der Waals surface area contributed by atoms with Crippen LogP contribution in [0, 0.1) is 0 Å². The molecule has 16 nitrogen and oxygen atoms in total. The SMILES string of the molecule is CNCCCOCCOCCOCCCNC(=O)N1CCN(CC(=O)OC(C)(C)C)CCN(CC(=O)OC(C)(C)C)CCN(CC(=O)OC(C)(C)C)CC1.